The first-order valence-electron chi connectivity index (χ1n) is 17.8. The van der Waals surface area contributed by atoms with E-state index in [2.05, 4.69) is 13.0 Å². The fraction of sp³-hybridized carbons (Fsp3) is 0.861. The molecule has 252 valence electrons. The zero-order valence-electron chi connectivity index (χ0n) is 28.3. The maximum Gasteiger partial charge on any atom is 0.312 e. The third kappa shape index (κ3) is 20.7. The molecule has 0 fully saturated rings. The second kappa shape index (κ2) is 26.5. The molecule has 0 aromatic heterocycles. The summed E-state index contributed by atoms with van der Waals surface area (Å²) in [6.07, 6.45) is 27.5. The Hall–Kier alpha value is -1.89. The van der Waals surface area contributed by atoms with Crippen molar-refractivity contribution < 1.29 is 34.2 Å². The largest absolute Gasteiger partial charge is 0.550 e. The molecule has 0 spiro atoms. The minimum Gasteiger partial charge on any atom is -0.550 e. The lowest BCUT2D eigenvalue weighted by atomic mass is 9.96. The lowest BCUT2D eigenvalue weighted by molar-refractivity contribution is -0.929. The Labute approximate surface area is 264 Å². The number of carbonyl (C=O) groups is 3. The van der Waals surface area contributed by atoms with E-state index in [0.717, 1.165) is 12.8 Å². The van der Waals surface area contributed by atoms with Crippen molar-refractivity contribution >= 4 is 17.9 Å². The van der Waals surface area contributed by atoms with Gasteiger partial charge in [0.2, 0.25) is 0 Å². The van der Waals surface area contributed by atoms with E-state index in [1.165, 1.54) is 96.3 Å². The molecule has 0 bridgehead atoms. The van der Waals surface area contributed by atoms with Crippen molar-refractivity contribution in [3.8, 4) is 0 Å². The third-order valence-corrected chi connectivity index (χ3v) is 9.22. The third-order valence-electron chi connectivity index (χ3n) is 9.22. The molecule has 0 aliphatic carbocycles. The Kier molecular flexibility index (Phi) is 25.3. The summed E-state index contributed by atoms with van der Waals surface area (Å²) in [5.41, 5.74) is 0. The Balaban J connectivity index is 4.70. The highest BCUT2D eigenvalue weighted by molar-refractivity contribution is 5.71. The van der Waals surface area contributed by atoms with Crippen molar-refractivity contribution in [2.45, 2.75) is 156 Å². The molecule has 7 nitrogen and oxygen atoms in total. The predicted molar refractivity (Wildman–Crippen MR) is 175 cm³/mol. The van der Waals surface area contributed by atoms with Gasteiger partial charge in [0.05, 0.1) is 32.1 Å². The SMILES string of the molecule is CCCCCCCCCCCCCCCCCC/C=C/C[N+](CC(CC)C(=O)[O-])(CC(CC)C(=O)O)CC(CC)C(=O)O. The number of allylic oxidation sites excluding steroid dienone is 1. The van der Waals surface area contributed by atoms with E-state index in [4.69, 9.17) is 0 Å². The molecule has 0 saturated carbocycles. The monoisotopic (exact) mass is 609 g/mol. The molecule has 0 aromatic rings. The van der Waals surface area contributed by atoms with Gasteiger partial charge >= 0.3 is 11.9 Å². The number of carboxylic acids is 3. The lowest BCUT2D eigenvalue weighted by Gasteiger charge is -2.43. The average Bonchev–Trinajstić information content (AvgIpc) is 2.98. The van der Waals surface area contributed by atoms with Crippen LogP contribution in [0.5, 0.6) is 0 Å². The van der Waals surface area contributed by atoms with Crippen LogP contribution in [0.3, 0.4) is 0 Å². The number of hydrogen-bond acceptors (Lipinski definition) is 4. The van der Waals surface area contributed by atoms with E-state index < -0.39 is 35.7 Å². The van der Waals surface area contributed by atoms with Gasteiger partial charge in [-0.2, -0.15) is 0 Å². The Morgan fingerprint density at radius 3 is 1.23 bits per heavy atom. The minimum atomic E-state index is -1.16. The van der Waals surface area contributed by atoms with Crippen LogP contribution in [0.2, 0.25) is 0 Å². The fourth-order valence-electron chi connectivity index (χ4n) is 6.21. The summed E-state index contributed by atoms with van der Waals surface area (Å²) < 4.78 is 0.136. The number of aliphatic carboxylic acids is 3. The number of rotatable bonds is 31. The lowest BCUT2D eigenvalue weighted by Crippen LogP contribution is -2.59. The molecule has 0 amide bonds. The highest BCUT2D eigenvalue weighted by Gasteiger charge is 2.38. The van der Waals surface area contributed by atoms with Crippen LogP contribution in [-0.2, 0) is 14.4 Å². The molecular weight excluding hydrogens is 542 g/mol. The smallest absolute Gasteiger partial charge is 0.312 e. The van der Waals surface area contributed by atoms with E-state index in [-0.39, 0.29) is 24.1 Å². The highest BCUT2D eigenvalue weighted by Crippen LogP contribution is 2.24. The van der Waals surface area contributed by atoms with Gasteiger partial charge in [0, 0.05) is 5.92 Å². The first-order chi connectivity index (χ1) is 20.7. The van der Waals surface area contributed by atoms with E-state index in [1.54, 1.807) is 6.92 Å². The number of unbranched alkanes of at least 4 members (excludes halogenated alkanes) is 16. The number of nitrogens with zero attached hydrogens (tertiary/aromatic N) is 1. The molecular formula is C36H67NO6. The number of carbonyl (C=O) groups excluding carboxylic acids is 1. The number of carboxylic acid groups (broad SMARTS) is 3. The summed E-state index contributed by atoms with van der Waals surface area (Å²) in [6.45, 7) is 8.70. The number of hydrogen-bond donors (Lipinski definition) is 2. The summed E-state index contributed by atoms with van der Waals surface area (Å²) in [5, 5.41) is 31.5. The quantitative estimate of drug-likeness (QED) is 0.0467. The molecule has 2 N–H and O–H groups in total. The maximum absolute atomic E-state index is 12.0. The predicted octanol–water partition coefficient (Wildman–Crippen LogP) is 8.01. The Morgan fingerprint density at radius 2 is 0.907 bits per heavy atom. The Bertz CT molecular complexity index is 692. The van der Waals surface area contributed by atoms with Crippen molar-refractivity contribution in [3.05, 3.63) is 12.2 Å². The van der Waals surface area contributed by atoms with Crippen LogP contribution >= 0.6 is 0 Å². The molecule has 0 rings (SSSR count). The topological polar surface area (TPSA) is 115 Å². The van der Waals surface area contributed by atoms with E-state index in [0.29, 0.717) is 25.8 Å². The number of quaternary nitrogens is 1. The van der Waals surface area contributed by atoms with Crippen molar-refractivity contribution in [1.82, 2.24) is 0 Å². The summed E-state index contributed by atoms with van der Waals surface area (Å²) >= 11 is 0. The van der Waals surface area contributed by atoms with Crippen molar-refractivity contribution in [3.63, 3.8) is 0 Å². The Morgan fingerprint density at radius 1 is 0.558 bits per heavy atom. The molecule has 3 atom stereocenters. The summed E-state index contributed by atoms with van der Waals surface area (Å²) in [4.78, 5) is 35.8. The first-order valence-corrected chi connectivity index (χ1v) is 17.8. The van der Waals surface area contributed by atoms with Gasteiger partial charge in [0.1, 0.15) is 11.8 Å². The van der Waals surface area contributed by atoms with Crippen LogP contribution in [-0.4, -0.2) is 58.8 Å². The van der Waals surface area contributed by atoms with E-state index in [1.807, 2.05) is 19.9 Å². The van der Waals surface area contributed by atoms with Crippen LogP contribution in [0.25, 0.3) is 0 Å². The van der Waals surface area contributed by atoms with Gasteiger partial charge in [-0.1, -0.05) is 130 Å². The molecule has 7 heteroatoms. The maximum atomic E-state index is 12.0. The molecule has 0 aliphatic heterocycles. The van der Waals surface area contributed by atoms with Crippen LogP contribution in [0.4, 0.5) is 0 Å². The molecule has 0 heterocycles. The average molecular weight is 610 g/mol. The van der Waals surface area contributed by atoms with Gasteiger partial charge in [-0.3, -0.25) is 9.59 Å². The molecule has 0 saturated heterocycles. The fourth-order valence-corrected chi connectivity index (χ4v) is 6.21. The van der Waals surface area contributed by atoms with Crippen LogP contribution in [0.1, 0.15) is 156 Å². The minimum absolute atomic E-state index is 0.136. The van der Waals surface area contributed by atoms with Crippen LogP contribution < -0.4 is 5.11 Å². The first kappa shape index (κ1) is 41.1. The van der Waals surface area contributed by atoms with Crippen LogP contribution in [0.15, 0.2) is 12.2 Å². The van der Waals surface area contributed by atoms with Gasteiger partial charge in [0.15, 0.2) is 0 Å². The van der Waals surface area contributed by atoms with Crippen molar-refractivity contribution in [1.29, 1.82) is 0 Å². The van der Waals surface area contributed by atoms with Gasteiger partial charge in [-0.25, -0.2) is 0 Å². The zero-order chi connectivity index (χ0) is 32.3. The van der Waals surface area contributed by atoms with E-state index in [9.17, 15) is 29.7 Å². The molecule has 43 heavy (non-hydrogen) atoms. The molecule has 0 aromatic carbocycles. The molecule has 0 aliphatic rings. The van der Waals surface area contributed by atoms with Crippen molar-refractivity contribution in [2.24, 2.45) is 17.8 Å². The van der Waals surface area contributed by atoms with Gasteiger partial charge in [-0.05, 0) is 38.2 Å². The summed E-state index contributed by atoms with van der Waals surface area (Å²) in [5.74, 6) is -5.10. The van der Waals surface area contributed by atoms with E-state index >= 15 is 0 Å². The molecule has 0 radical (unpaired) electrons. The highest BCUT2D eigenvalue weighted by atomic mass is 16.4. The normalized spacial score (nSPS) is 15.3. The zero-order valence-corrected chi connectivity index (χ0v) is 28.3. The van der Waals surface area contributed by atoms with Crippen LogP contribution in [0, 0.1) is 17.8 Å². The molecule has 3 unspecified atom stereocenters. The second-order valence-corrected chi connectivity index (χ2v) is 12.9. The summed E-state index contributed by atoms with van der Waals surface area (Å²) in [6, 6.07) is 0. The summed E-state index contributed by atoms with van der Waals surface area (Å²) in [7, 11) is 0. The van der Waals surface area contributed by atoms with Crippen molar-refractivity contribution in [2.75, 3.05) is 26.2 Å². The van der Waals surface area contributed by atoms with Gasteiger partial charge in [0.25, 0.3) is 0 Å². The second-order valence-electron chi connectivity index (χ2n) is 12.9. The van der Waals surface area contributed by atoms with Gasteiger partial charge < -0.3 is 24.6 Å². The van der Waals surface area contributed by atoms with Gasteiger partial charge in [-0.15, -0.1) is 0 Å². The standard InChI is InChI=1S/C36H67NO6/c1-5-9-10-11-12-13-14-15-16-17-18-19-20-21-22-23-24-25-26-27-37(28-31(6-2)34(38)39,29-32(7-3)35(40)41)30-33(8-4)36(42)43/h25-26,31-33H,5-24,27-30H2,1-4H3,(H2-,38,39,40,41,42,43)/b26-25+.